The number of Topliss-reactive ketones (excluding diaryl/α,β-unsaturated/α-hetero) is 1. The predicted octanol–water partition coefficient (Wildman–Crippen LogP) is 3.03. The van der Waals surface area contributed by atoms with Crippen molar-refractivity contribution in [1.82, 2.24) is 0 Å². The Labute approximate surface area is 228 Å². The summed E-state index contributed by atoms with van der Waals surface area (Å²) in [7, 11) is -1.36. The first-order valence-electron chi connectivity index (χ1n) is 14.2. The van der Waals surface area contributed by atoms with Crippen molar-refractivity contribution >= 4 is 24.3 Å². The highest BCUT2D eigenvalue weighted by molar-refractivity contribution is 6.61. The van der Waals surface area contributed by atoms with Crippen molar-refractivity contribution < 1.29 is 43.0 Å². The number of rotatable bonds is 7. The molecular weight excluding hydrogens is 506 g/mol. The summed E-state index contributed by atoms with van der Waals surface area (Å²) >= 11 is 0. The van der Waals surface area contributed by atoms with Crippen LogP contribution in [0.1, 0.15) is 78.2 Å². The van der Waals surface area contributed by atoms with Gasteiger partial charge in [-0.25, -0.2) is 9.18 Å². The maximum Gasteiger partial charge on any atom is 0.494 e. The van der Waals surface area contributed by atoms with Crippen molar-refractivity contribution in [3.63, 3.8) is 0 Å². The molecular formula is C29H38BFO8. The summed E-state index contributed by atoms with van der Waals surface area (Å²) in [6.45, 7) is 7.81. The molecule has 10 heteroatoms. The van der Waals surface area contributed by atoms with Crippen LogP contribution in [-0.4, -0.2) is 53.6 Å². The fraction of sp³-hybridized carbons (Fsp3) is 0.724. The van der Waals surface area contributed by atoms with Crippen LogP contribution in [0.5, 0.6) is 5.75 Å². The molecule has 4 fully saturated rings. The minimum atomic E-state index is -1.36. The van der Waals surface area contributed by atoms with Crippen LogP contribution in [-0.2, 0) is 30.3 Å². The zero-order valence-corrected chi connectivity index (χ0v) is 23.1. The van der Waals surface area contributed by atoms with E-state index in [2.05, 4.69) is 20.8 Å². The van der Waals surface area contributed by atoms with Gasteiger partial charge in [-0.2, -0.15) is 0 Å². The van der Waals surface area contributed by atoms with Gasteiger partial charge < -0.3 is 33.8 Å². The molecule has 6 rings (SSSR count). The first-order chi connectivity index (χ1) is 18.3. The Hall–Kier alpha value is -2.01. The summed E-state index contributed by atoms with van der Waals surface area (Å²) in [6.07, 6.45) is 4.29. The Bertz CT molecular complexity index is 1210. The van der Waals surface area contributed by atoms with Gasteiger partial charge in [-0.05, 0) is 67.9 Å². The van der Waals surface area contributed by atoms with E-state index in [1.807, 2.05) is 0 Å². The summed E-state index contributed by atoms with van der Waals surface area (Å²) in [4.78, 5) is 25.2. The van der Waals surface area contributed by atoms with Crippen molar-refractivity contribution in [2.75, 3.05) is 6.61 Å². The third-order valence-electron chi connectivity index (χ3n) is 11.2. The summed E-state index contributed by atoms with van der Waals surface area (Å²) in [6, 6.07) is 3.04. The van der Waals surface area contributed by atoms with Crippen LogP contribution in [0.2, 0.25) is 0 Å². The van der Waals surface area contributed by atoms with E-state index in [-0.39, 0.29) is 52.4 Å². The lowest BCUT2D eigenvalue weighted by molar-refractivity contribution is -0.327. The first-order valence-corrected chi connectivity index (χ1v) is 14.2. The van der Waals surface area contributed by atoms with Crippen LogP contribution in [0.15, 0.2) is 12.1 Å². The molecule has 1 aromatic carbocycles. The van der Waals surface area contributed by atoms with E-state index in [0.29, 0.717) is 24.8 Å². The third-order valence-corrected chi connectivity index (χ3v) is 11.2. The van der Waals surface area contributed by atoms with Crippen LogP contribution in [0.3, 0.4) is 0 Å². The quantitative estimate of drug-likeness (QED) is 0.398. The number of halogens is 1. The minimum absolute atomic E-state index is 0.0311. The van der Waals surface area contributed by atoms with Gasteiger partial charge in [0.1, 0.15) is 11.9 Å². The normalized spacial score (nSPS) is 41.8. The van der Waals surface area contributed by atoms with E-state index in [9.17, 15) is 24.1 Å². The average Bonchev–Trinajstić information content (AvgIpc) is 3.13. The summed E-state index contributed by atoms with van der Waals surface area (Å²) in [5.41, 5.74) is -0.436. The first kappa shape index (κ1) is 27.2. The molecule has 1 aromatic rings. The smallest absolute Gasteiger partial charge is 0.479 e. The van der Waals surface area contributed by atoms with Gasteiger partial charge in [-0.3, -0.25) is 0 Å². The molecule has 8 nitrogen and oxygen atoms in total. The second kappa shape index (κ2) is 9.00. The van der Waals surface area contributed by atoms with Gasteiger partial charge in [0.15, 0.2) is 24.0 Å². The molecule has 1 spiro atoms. The summed E-state index contributed by atoms with van der Waals surface area (Å²) < 4.78 is 37.8. The maximum absolute atomic E-state index is 14.9. The number of fused-ring (bicyclic) bond motifs is 3. The Morgan fingerprint density at radius 3 is 2.72 bits per heavy atom. The van der Waals surface area contributed by atoms with Crippen molar-refractivity contribution in [3.8, 4) is 5.75 Å². The van der Waals surface area contributed by atoms with Crippen molar-refractivity contribution in [1.29, 1.82) is 0 Å². The van der Waals surface area contributed by atoms with Gasteiger partial charge in [-0.1, -0.05) is 26.8 Å². The zero-order valence-electron chi connectivity index (χ0n) is 23.1. The van der Waals surface area contributed by atoms with Crippen LogP contribution >= 0.6 is 0 Å². The molecule has 1 unspecified atom stereocenters. The molecule has 2 N–H and O–H groups in total. The standard InChI is InChI=1S/C29H38BFO8/c1-16-7-9-27(10-8-17(2)32)14-26(16,4)21(11-28-15-29(28,34)39-25(28)18(27)3)38-22(33)13-36-20-6-5-19-12-37-30(35)23(19)24(20)31/h5-6,16,18,21,25,34-35H,7-15H2,1-4H3/t16-,18+,21-,25+,26+,27-,28-,29?/m1/s1. The Balaban J connectivity index is 1.24. The SMILES string of the molecule is CC(=O)CC[C@]12CC[C@@H](C)[C@](C)(C1)[C@H](OC(=O)COc1ccc3c(c1F)B(O)OC3)C[C@]13CC1(O)O[C@H]3[C@@H]2C. The fourth-order valence-electron chi connectivity index (χ4n) is 8.36. The highest BCUT2D eigenvalue weighted by atomic mass is 19.1. The number of carbonyl (C=O) groups is 2. The van der Waals surface area contributed by atoms with Crippen LogP contribution < -0.4 is 10.2 Å². The van der Waals surface area contributed by atoms with Crippen molar-refractivity contribution in [2.45, 2.75) is 97.2 Å². The van der Waals surface area contributed by atoms with Gasteiger partial charge in [0, 0.05) is 23.7 Å². The topological polar surface area (TPSA) is 112 Å². The number of hydrogen-bond acceptors (Lipinski definition) is 8. The molecule has 5 aliphatic rings. The van der Waals surface area contributed by atoms with Gasteiger partial charge >= 0.3 is 13.1 Å². The molecule has 0 amide bonds. The Morgan fingerprint density at radius 1 is 1.26 bits per heavy atom. The van der Waals surface area contributed by atoms with E-state index in [0.717, 1.165) is 25.7 Å². The second-order valence-corrected chi connectivity index (χ2v) is 13.2. The van der Waals surface area contributed by atoms with Gasteiger partial charge in [-0.15, -0.1) is 0 Å². The van der Waals surface area contributed by atoms with Gasteiger partial charge in [0.2, 0.25) is 0 Å². The van der Waals surface area contributed by atoms with E-state index in [4.69, 9.17) is 18.9 Å². The number of carbonyl (C=O) groups excluding carboxylic acids is 2. The van der Waals surface area contributed by atoms with E-state index >= 15 is 0 Å². The largest absolute Gasteiger partial charge is 0.494 e. The molecule has 2 aliphatic heterocycles. The number of esters is 1. The minimum Gasteiger partial charge on any atom is -0.479 e. The number of ketones is 1. The summed E-state index contributed by atoms with van der Waals surface area (Å²) in [5, 5.41) is 21.0. The van der Waals surface area contributed by atoms with Crippen LogP contribution in [0.4, 0.5) is 4.39 Å². The lowest BCUT2D eigenvalue weighted by Gasteiger charge is -2.61. The van der Waals surface area contributed by atoms with E-state index < -0.39 is 42.8 Å². The number of benzene rings is 1. The Morgan fingerprint density at radius 2 is 2.03 bits per heavy atom. The molecule has 212 valence electrons. The predicted molar refractivity (Wildman–Crippen MR) is 138 cm³/mol. The molecule has 39 heavy (non-hydrogen) atoms. The van der Waals surface area contributed by atoms with E-state index in [1.54, 1.807) is 13.0 Å². The lowest BCUT2D eigenvalue weighted by Crippen LogP contribution is -2.63. The van der Waals surface area contributed by atoms with E-state index in [1.165, 1.54) is 6.07 Å². The van der Waals surface area contributed by atoms with Crippen LogP contribution in [0.25, 0.3) is 0 Å². The molecule has 2 bridgehead atoms. The molecule has 2 heterocycles. The lowest BCUT2D eigenvalue weighted by atomic mass is 9.47. The average molecular weight is 544 g/mol. The van der Waals surface area contributed by atoms with Gasteiger partial charge in [0.05, 0.1) is 18.1 Å². The van der Waals surface area contributed by atoms with Gasteiger partial charge in [0.25, 0.3) is 0 Å². The molecule has 3 saturated carbocycles. The highest BCUT2D eigenvalue weighted by Crippen LogP contribution is 2.77. The fourth-order valence-corrected chi connectivity index (χ4v) is 8.36. The van der Waals surface area contributed by atoms with Crippen molar-refractivity contribution in [2.24, 2.45) is 28.1 Å². The number of ether oxygens (including phenoxy) is 3. The third kappa shape index (κ3) is 4.00. The monoisotopic (exact) mass is 544 g/mol. The molecule has 3 aliphatic carbocycles. The number of hydrogen-bond donors (Lipinski definition) is 2. The summed E-state index contributed by atoms with van der Waals surface area (Å²) in [5.74, 6) is -2.12. The molecule has 0 radical (unpaired) electrons. The van der Waals surface area contributed by atoms with Crippen molar-refractivity contribution in [3.05, 3.63) is 23.5 Å². The second-order valence-electron chi connectivity index (χ2n) is 13.2. The number of aliphatic hydroxyl groups is 1. The molecule has 1 saturated heterocycles. The molecule has 8 atom stereocenters. The maximum atomic E-state index is 14.9. The zero-order chi connectivity index (χ0) is 28.0. The Kier molecular flexibility index (Phi) is 6.27. The highest BCUT2D eigenvalue weighted by Gasteiger charge is 2.84. The molecule has 0 aromatic heterocycles. The van der Waals surface area contributed by atoms with Crippen LogP contribution in [0, 0.1) is 33.9 Å².